The van der Waals surface area contributed by atoms with Crippen LogP contribution < -0.4 is 15.5 Å². The minimum Gasteiger partial charge on any atom is -0.329 e. The van der Waals surface area contributed by atoms with Gasteiger partial charge in [-0.05, 0) is 37.3 Å². The Bertz CT molecular complexity index is 1250. The van der Waals surface area contributed by atoms with Crippen LogP contribution in [0.3, 0.4) is 0 Å². The zero-order valence-electron chi connectivity index (χ0n) is 16.0. The fraction of sp³-hybridized carbons (Fsp3) is 0.143. The van der Waals surface area contributed by atoms with Gasteiger partial charge in [0.2, 0.25) is 11.9 Å². The fourth-order valence-electron chi connectivity index (χ4n) is 3.54. The molecular weight excluding hydrogens is 366 g/mol. The molecule has 0 spiro atoms. The summed E-state index contributed by atoms with van der Waals surface area (Å²) in [6, 6.07) is 13.7. The highest BCUT2D eigenvalue weighted by molar-refractivity contribution is 6.01. The molecule has 1 aliphatic heterocycles. The Morgan fingerprint density at radius 2 is 2.03 bits per heavy atom. The number of aromatic nitrogens is 4. The van der Waals surface area contributed by atoms with Gasteiger partial charge in [0.15, 0.2) is 0 Å². The molecule has 0 atom stereocenters. The monoisotopic (exact) mass is 385 g/mol. The first-order chi connectivity index (χ1) is 14.1. The molecule has 0 unspecified atom stereocenters. The number of rotatable bonds is 4. The molecule has 0 saturated heterocycles. The van der Waals surface area contributed by atoms with E-state index in [0.29, 0.717) is 12.4 Å². The number of hydrogen-bond acceptors (Lipinski definition) is 6. The largest absolute Gasteiger partial charge is 0.329 e. The van der Waals surface area contributed by atoms with Crippen molar-refractivity contribution in [1.82, 2.24) is 20.2 Å². The van der Waals surface area contributed by atoms with Gasteiger partial charge in [0, 0.05) is 46.8 Å². The van der Waals surface area contributed by atoms with E-state index in [-0.39, 0.29) is 5.91 Å². The molecule has 4 aromatic rings. The first kappa shape index (κ1) is 17.2. The summed E-state index contributed by atoms with van der Waals surface area (Å²) in [6.07, 6.45) is 2.15. The minimum absolute atomic E-state index is 0.00512. The van der Waals surface area contributed by atoms with Gasteiger partial charge in [-0.25, -0.2) is 4.98 Å². The van der Waals surface area contributed by atoms with Crippen LogP contribution in [0.4, 0.5) is 28.8 Å². The number of hydrogen-bond donors (Lipinski definition) is 3. The highest BCUT2D eigenvalue weighted by Gasteiger charge is 2.21. The van der Waals surface area contributed by atoms with Crippen LogP contribution in [0, 0.1) is 6.92 Å². The predicted molar refractivity (Wildman–Crippen MR) is 113 cm³/mol. The summed E-state index contributed by atoms with van der Waals surface area (Å²) in [5.41, 5.74) is 5.43. The first-order valence-corrected chi connectivity index (χ1v) is 9.28. The molecule has 0 fully saturated rings. The third kappa shape index (κ3) is 3.14. The van der Waals surface area contributed by atoms with E-state index in [1.165, 1.54) is 0 Å². The van der Waals surface area contributed by atoms with Crippen molar-refractivity contribution in [1.29, 1.82) is 0 Å². The molecule has 3 heterocycles. The molecule has 29 heavy (non-hydrogen) atoms. The van der Waals surface area contributed by atoms with E-state index in [2.05, 4.69) is 31.9 Å². The molecule has 0 radical (unpaired) electrons. The van der Waals surface area contributed by atoms with E-state index < -0.39 is 0 Å². The van der Waals surface area contributed by atoms with Crippen molar-refractivity contribution < 1.29 is 4.79 Å². The summed E-state index contributed by atoms with van der Waals surface area (Å²) in [5, 5.41) is 14.2. The standard InChI is InChI=1S/C21H19N7O/c1-12-8-19(28(2)14-6-7-16-13(9-14)11-22-27-16)26-21(23-12)25-18-5-3-4-17-15(18)10-20(29)24-17/h3-9,11H,10H2,1-2H3,(H,22,27)(H,24,29)(H,23,25,26). The van der Waals surface area contributed by atoms with Crippen molar-refractivity contribution in [2.75, 3.05) is 22.6 Å². The van der Waals surface area contributed by atoms with Crippen molar-refractivity contribution in [2.45, 2.75) is 13.3 Å². The number of benzene rings is 2. The maximum absolute atomic E-state index is 11.7. The molecule has 3 N–H and O–H groups in total. The summed E-state index contributed by atoms with van der Waals surface area (Å²) >= 11 is 0. The van der Waals surface area contributed by atoms with E-state index in [0.717, 1.165) is 45.0 Å². The van der Waals surface area contributed by atoms with Crippen LogP contribution in [0.1, 0.15) is 11.3 Å². The molecule has 1 amide bonds. The second-order valence-corrected chi connectivity index (χ2v) is 7.07. The molecule has 5 rings (SSSR count). The number of carbonyl (C=O) groups excluding carboxylic acids is 1. The Kier molecular flexibility index (Phi) is 3.90. The summed E-state index contributed by atoms with van der Waals surface area (Å²) in [6.45, 7) is 1.93. The summed E-state index contributed by atoms with van der Waals surface area (Å²) in [5.74, 6) is 1.25. The number of nitrogens with zero attached hydrogens (tertiary/aromatic N) is 4. The molecule has 2 aromatic carbocycles. The lowest BCUT2D eigenvalue weighted by Gasteiger charge is -2.20. The Morgan fingerprint density at radius 3 is 2.93 bits per heavy atom. The number of anilines is 5. The minimum atomic E-state index is -0.00512. The number of carbonyl (C=O) groups is 1. The number of H-pyrrole nitrogens is 1. The van der Waals surface area contributed by atoms with Crippen molar-refractivity contribution in [3.05, 3.63) is 59.9 Å². The zero-order chi connectivity index (χ0) is 20.0. The average molecular weight is 385 g/mol. The van der Waals surface area contributed by atoms with Crippen LogP contribution in [-0.4, -0.2) is 33.1 Å². The van der Waals surface area contributed by atoms with Crippen LogP contribution in [-0.2, 0) is 11.2 Å². The molecule has 0 aliphatic carbocycles. The van der Waals surface area contributed by atoms with E-state index in [4.69, 9.17) is 4.98 Å². The van der Waals surface area contributed by atoms with Crippen LogP contribution >= 0.6 is 0 Å². The van der Waals surface area contributed by atoms with Crippen molar-refractivity contribution in [3.63, 3.8) is 0 Å². The number of amides is 1. The van der Waals surface area contributed by atoms with Crippen molar-refractivity contribution in [2.24, 2.45) is 0 Å². The molecule has 0 bridgehead atoms. The lowest BCUT2D eigenvalue weighted by Crippen LogP contribution is -2.13. The maximum atomic E-state index is 11.7. The average Bonchev–Trinajstić information content (AvgIpc) is 3.32. The van der Waals surface area contributed by atoms with Crippen LogP contribution in [0.5, 0.6) is 0 Å². The number of aromatic amines is 1. The summed E-state index contributed by atoms with van der Waals surface area (Å²) in [7, 11) is 1.97. The molecule has 144 valence electrons. The molecule has 1 aliphatic rings. The number of aryl methyl sites for hydroxylation is 1. The fourth-order valence-corrected chi connectivity index (χ4v) is 3.54. The van der Waals surface area contributed by atoms with Gasteiger partial charge in [-0.3, -0.25) is 9.89 Å². The predicted octanol–water partition coefficient (Wildman–Crippen LogP) is 3.67. The van der Waals surface area contributed by atoms with Crippen LogP contribution in [0.25, 0.3) is 10.9 Å². The first-order valence-electron chi connectivity index (χ1n) is 9.28. The second kappa shape index (κ2) is 6.59. The zero-order valence-corrected chi connectivity index (χ0v) is 16.0. The Balaban J connectivity index is 1.48. The van der Waals surface area contributed by atoms with Gasteiger partial charge in [0.1, 0.15) is 5.82 Å². The SMILES string of the molecule is Cc1cc(N(C)c2ccc3[nH]ncc3c2)nc(Nc2cccc3c2CC(=O)N3)n1. The van der Waals surface area contributed by atoms with Gasteiger partial charge < -0.3 is 15.5 Å². The molecule has 0 saturated carbocycles. The van der Waals surface area contributed by atoms with Crippen molar-refractivity contribution >= 4 is 45.6 Å². The lowest BCUT2D eigenvalue weighted by molar-refractivity contribution is -0.115. The third-order valence-electron chi connectivity index (χ3n) is 5.03. The highest BCUT2D eigenvalue weighted by atomic mass is 16.1. The van der Waals surface area contributed by atoms with Gasteiger partial charge in [-0.1, -0.05) is 6.07 Å². The van der Waals surface area contributed by atoms with Gasteiger partial charge >= 0.3 is 0 Å². The molecule has 2 aromatic heterocycles. The summed E-state index contributed by atoms with van der Waals surface area (Å²) in [4.78, 5) is 23.0. The van der Waals surface area contributed by atoms with E-state index in [1.54, 1.807) is 6.20 Å². The molecule has 8 nitrogen and oxygen atoms in total. The Labute approximate surface area is 167 Å². The smallest absolute Gasteiger partial charge is 0.229 e. The molecule has 8 heteroatoms. The van der Waals surface area contributed by atoms with Gasteiger partial charge in [0.05, 0.1) is 18.1 Å². The van der Waals surface area contributed by atoms with E-state index in [1.807, 2.05) is 55.3 Å². The maximum Gasteiger partial charge on any atom is 0.229 e. The Morgan fingerprint density at radius 1 is 1.14 bits per heavy atom. The van der Waals surface area contributed by atoms with Gasteiger partial charge in [0.25, 0.3) is 0 Å². The van der Waals surface area contributed by atoms with Crippen LogP contribution in [0.2, 0.25) is 0 Å². The number of fused-ring (bicyclic) bond motifs is 2. The third-order valence-corrected chi connectivity index (χ3v) is 5.03. The summed E-state index contributed by atoms with van der Waals surface area (Å²) < 4.78 is 0. The lowest BCUT2D eigenvalue weighted by atomic mass is 10.1. The Hall–Kier alpha value is -3.94. The normalized spacial score (nSPS) is 12.7. The second-order valence-electron chi connectivity index (χ2n) is 7.07. The van der Waals surface area contributed by atoms with Crippen LogP contribution in [0.15, 0.2) is 48.7 Å². The van der Waals surface area contributed by atoms with E-state index >= 15 is 0 Å². The quantitative estimate of drug-likeness (QED) is 0.496. The number of nitrogens with one attached hydrogen (secondary N) is 3. The topological polar surface area (TPSA) is 98.8 Å². The van der Waals surface area contributed by atoms with Gasteiger partial charge in [-0.2, -0.15) is 10.1 Å². The van der Waals surface area contributed by atoms with E-state index in [9.17, 15) is 4.79 Å². The molecular formula is C21H19N7O. The van der Waals surface area contributed by atoms with Gasteiger partial charge in [-0.15, -0.1) is 0 Å². The van der Waals surface area contributed by atoms with Crippen molar-refractivity contribution in [3.8, 4) is 0 Å². The highest BCUT2D eigenvalue weighted by Crippen LogP contribution is 2.32.